The quantitative estimate of drug-likeness (QED) is 0.566. The lowest BCUT2D eigenvalue weighted by molar-refractivity contribution is -0.126. The number of hydrogen-bond donors (Lipinski definition) is 1. The van der Waals surface area contributed by atoms with Crippen LogP contribution in [0, 0.1) is 6.92 Å². The first-order valence-corrected chi connectivity index (χ1v) is 12.1. The van der Waals surface area contributed by atoms with E-state index >= 15 is 0 Å². The third kappa shape index (κ3) is 4.21. The van der Waals surface area contributed by atoms with Gasteiger partial charge in [0.1, 0.15) is 11.4 Å². The minimum absolute atomic E-state index is 0.0366. The van der Waals surface area contributed by atoms with Gasteiger partial charge in [-0.15, -0.1) is 0 Å². The first-order chi connectivity index (χ1) is 17.4. The minimum atomic E-state index is -0.280. The molecule has 9 heteroatoms. The Morgan fingerprint density at radius 3 is 2.83 bits per heavy atom. The number of hydrogen-bond acceptors (Lipinski definition) is 5. The summed E-state index contributed by atoms with van der Waals surface area (Å²) in [7, 11) is 1.71. The molecule has 1 N–H and O–H groups in total. The van der Waals surface area contributed by atoms with Gasteiger partial charge in [-0.2, -0.15) is 0 Å². The standard InChI is InChI=1S/C27H29N5O4/c1-4-22(33)31-13-6-5-10-19(15-31)32-24-20(11-12-21-25(24)30(3)23(34)16-36-21)28-27(32)29-26(35)18-9-7-8-17(2)14-18/h4,7-9,11-12,14,19H,1,5-6,10,13,15-16H2,2-3H3,(H,28,29,35)/t19-/m1/s1. The van der Waals surface area contributed by atoms with E-state index < -0.39 is 0 Å². The van der Waals surface area contributed by atoms with E-state index in [1.54, 1.807) is 29.0 Å². The summed E-state index contributed by atoms with van der Waals surface area (Å²) in [6.45, 7) is 6.62. The van der Waals surface area contributed by atoms with Gasteiger partial charge in [0, 0.05) is 25.7 Å². The minimum Gasteiger partial charge on any atom is -0.481 e. The summed E-state index contributed by atoms with van der Waals surface area (Å²) in [5, 5.41) is 3.00. The van der Waals surface area contributed by atoms with Crippen LogP contribution in [0.2, 0.25) is 0 Å². The first kappa shape index (κ1) is 23.6. The Hall–Kier alpha value is -4.14. The van der Waals surface area contributed by atoms with Crippen LogP contribution in [0.25, 0.3) is 11.0 Å². The smallest absolute Gasteiger partial charge is 0.264 e. The van der Waals surface area contributed by atoms with Crippen LogP contribution < -0.4 is 15.0 Å². The van der Waals surface area contributed by atoms with Crippen molar-refractivity contribution in [1.82, 2.24) is 14.5 Å². The van der Waals surface area contributed by atoms with Crippen LogP contribution >= 0.6 is 0 Å². The maximum Gasteiger partial charge on any atom is 0.264 e. The van der Waals surface area contributed by atoms with Gasteiger partial charge in [-0.05, 0) is 56.5 Å². The Morgan fingerprint density at radius 2 is 2.06 bits per heavy atom. The molecule has 2 aromatic carbocycles. The molecule has 1 saturated heterocycles. The molecule has 0 aliphatic carbocycles. The van der Waals surface area contributed by atoms with Crippen molar-refractivity contribution < 1.29 is 19.1 Å². The van der Waals surface area contributed by atoms with E-state index in [-0.39, 0.29) is 30.4 Å². The number of ether oxygens (including phenoxy) is 1. The topological polar surface area (TPSA) is 96.8 Å². The summed E-state index contributed by atoms with van der Waals surface area (Å²) in [5.74, 6) is 0.369. The lowest BCUT2D eigenvalue weighted by atomic mass is 10.1. The van der Waals surface area contributed by atoms with Crippen LogP contribution in [0.5, 0.6) is 5.75 Å². The second-order valence-electron chi connectivity index (χ2n) is 9.29. The van der Waals surface area contributed by atoms with Gasteiger partial charge in [0.25, 0.3) is 11.8 Å². The molecule has 0 saturated carbocycles. The molecule has 9 nitrogen and oxygen atoms in total. The summed E-state index contributed by atoms with van der Waals surface area (Å²) in [6.07, 6.45) is 3.88. The Balaban J connectivity index is 1.66. The summed E-state index contributed by atoms with van der Waals surface area (Å²) in [6, 6.07) is 10.8. The van der Waals surface area contributed by atoms with Crippen LogP contribution in [-0.2, 0) is 9.59 Å². The number of aromatic nitrogens is 2. The van der Waals surface area contributed by atoms with E-state index in [4.69, 9.17) is 9.72 Å². The molecule has 186 valence electrons. The lowest BCUT2D eigenvalue weighted by Crippen LogP contribution is -2.37. The van der Waals surface area contributed by atoms with Crippen molar-refractivity contribution in [2.24, 2.45) is 0 Å². The number of rotatable bonds is 4. The van der Waals surface area contributed by atoms with Crippen molar-refractivity contribution in [2.75, 3.05) is 37.0 Å². The molecule has 3 heterocycles. The number of nitrogens with zero attached hydrogens (tertiary/aromatic N) is 4. The second-order valence-corrected chi connectivity index (χ2v) is 9.29. The van der Waals surface area contributed by atoms with Gasteiger partial charge in [0.05, 0.1) is 17.1 Å². The number of likely N-dealkylation sites (tertiary alicyclic amines) is 1. The summed E-state index contributed by atoms with van der Waals surface area (Å²) in [4.78, 5) is 46.5. The van der Waals surface area contributed by atoms with Crippen molar-refractivity contribution >= 4 is 40.4 Å². The lowest BCUT2D eigenvalue weighted by Gasteiger charge is -2.30. The molecule has 36 heavy (non-hydrogen) atoms. The number of fused-ring (bicyclic) bond motifs is 3. The number of likely N-dealkylation sites (N-methyl/N-ethyl adjacent to an activating group) is 1. The fourth-order valence-corrected chi connectivity index (χ4v) is 5.02. The van der Waals surface area contributed by atoms with Crippen LogP contribution in [0.1, 0.15) is 41.2 Å². The molecular formula is C27H29N5O4. The van der Waals surface area contributed by atoms with E-state index in [1.807, 2.05) is 35.8 Å². The van der Waals surface area contributed by atoms with E-state index in [0.717, 1.165) is 24.8 Å². The number of amides is 3. The molecule has 1 aromatic heterocycles. The zero-order valence-corrected chi connectivity index (χ0v) is 20.5. The van der Waals surface area contributed by atoms with Gasteiger partial charge in [0.2, 0.25) is 11.9 Å². The van der Waals surface area contributed by atoms with Gasteiger partial charge in [-0.1, -0.05) is 24.3 Å². The molecule has 2 aliphatic heterocycles. The zero-order valence-electron chi connectivity index (χ0n) is 20.5. The third-order valence-electron chi connectivity index (χ3n) is 6.85. The fraction of sp³-hybridized carbons (Fsp3) is 0.333. The van der Waals surface area contributed by atoms with Crippen LogP contribution in [-0.4, -0.2) is 58.9 Å². The Labute approximate surface area is 209 Å². The van der Waals surface area contributed by atoms with Crippen molar-refractivity contribution in [1.29, 1.82) is 0 Å². The van der Waals surface area contributed by atoms with E-state index in [0.29, 0.717) is 47.1 Å². The second kappa shape index (κ2) is 9.49. The van der Waals surface area contributed by atoms with Crippen molar-refractivity contribution in [3.8, 4) is 5.75 Å². The summed E-state index contributed by atoms with van der Waals surface area (Å²) >= 11 is 0. The normalized spacial score (nSPS) is 17.8. The average molecular weight is 488 g/mol. The molecule has 0 bridgehead atoms. The maximum atomic E-state index is 13.2. The number of nitrogens with one attached hydrogen (secondary N) is 1. The molecular weight excluding hydrogens is 458 g/mol. The highest BCUT2D eigenvalue weighted by molar-refractivity contribution is 6.08. The third-order valence-corrected chi connectivity index (χ3v) is 6.85. The number of benzene rings is 2. The molecule has 0 radical (unpaired) electrons. The monoisotopic (exact) mass is 487 g/mol. The highest BCUT2D eigenvalue weighted by Gasteiger charge is 2.32. The molecule has 0 unspecified atom stereocenters. The van der Waals surface area contributed by atoms with Gasteiger partial charge in [-0.3, -0.25) is 19.7 Å². The number of carbonyl (C=O) groups excluding carboxylic acids is 3. The summed E-state index contributed by atoms with van der Waals surface area (Å²) < 4.78 is 7.70. The molecule has 5 rings (SSSR count). The van der Waals surface area contributed by atoms with E-state index in [2.05, 4.69) is 11.9 Å². The van der Waals surface area contributed by atoms with Gasteiger partial charge in [0.15, 0.2) is 6.61 Å². The first-order valence-electron chi connectivity index (χ1n) is 12.1. The number of imidazole rings is 1. The molecule has 1 fully saturated rings. The van der Waals surface area contributed by atoms with E-state index in [1.165, 1.54) is 6.08 Å². The Kier molecular flexibility index (Phi) is 6.22. The van der Waals surface area contributed by atoms with Crippen molar-refractivity contribution in [3.05, 3.63) is 60.2 Å². The molecule has 2 aliphatic rings. The molecule has 3 aromatic rings. The maximum absolute atomic E-state index is 13.2. The summed E-state index contributed by atoms with van der Waals surface area (Å²) in [5.41, 5.74) is 3.43. The highest BCUT2D eigenvalue weighted by atomic mass is 16.5. The van der Waals surface area contributed by atoms with Crippen molar-refractivity contribution in [3.63, 3.8) is 0 Å². The molecule has 1 atom stereocenters. The van der Waals surface area contributed by atoms with Crippen molar-refractivity contribution in [2.45, 2.75) is 32.2 Å². The zero-order chi connectivity index (χ0) is 25.4. The van der Waals surface area contributed by atoms with Crippen LogP contribution in [0.15, 0.2) is 49.1 Å². The van der Waals surface area contributed by atoms with Crippen LogP contribution in [0.4, 0.5) is 11.6 Å². The molecule has 0 spiro atoms. The predicted octanol–water partition coefficient (Wildman–Crippen LogP) is 3.69. The Bertz CT molecular complexity index is 1380. The molecule has 3 amide bonds. The number of aryl methyl sites for hydroxylation is 1. The number of carbonyl (C=O) groups is 3. The van der Waals surface area contributed by atoms with Gasteiger partial charge in [-0.25, -0.2) is 4.98 Å². The number of anilines is 2. The fourth-order valence-electron chi connectivity index (χ4n) is 5.02. The largest absolute Gasteiger partial charge is 0.481 e. The SMILES string of the molecule is C=CC(=O)N1CCCC[C@@H](n2c(NC(=O)c3cccc(C)c3)nc3ccc4c(c32)N(C)C(=O)CO4)C1. The predicted molar refractivity (Wildman–Crippen MR) is 137 cm³/mol. The van der Waals surface area contributed by atoms with Gasteiger partial charge >= 0.3 is 0 Å². The van der Waals surface area contributed by atoms with Crippen LogP contribution in [0.3, 0.4) is 0 Å². The van der Waals surface area contributed by atoms with Gasteiger partial charge < -0.3 is 19.1 Å². The Morgan fingerprint density at radius 1 is 1.22 bits per heavy atom. The highest BCUT2D eigenvalue weighted by Crippen LogP contribution is 2.42. The average Bonchev–Trinajstić information content (AvgIpc) is 3.06. The van der Waals surface area contributed by atoms with E-state index in [9.17, 15) is 14.4 Å².